The predicted octanol–water partition coefficient (Wildman–Crippen LogP) is 2.23. The van der Waals surface area contributed by atoms with Crippen LogP contribution in [0.3, 0.4) is 0 Å². The van der Waals surface area contributed by atoms with E-state index in [4.69, 9.17) is 10.5 Å². The second-order valence-corrected chi connectivity index (χ2v) is 5.61. The van der Waals surface area contributed by atoms with Crippen LogP contribution in [0.25, 0.3) is 0 Å². The first-order valence-electron chi connectivity index (χ1n) is 7.41. The van der Waals surface area contributed by atoms with Crippen LogP contribution < -0.4 is 15.8 Å². The summed E-state index contributed by atoms with van der Waals surface area (Å²) in [4.78, 5) is 11.9. The van der Waals surface area contributed by atoms with Gasteiger partial charge in [0, 0.05) is 12.0 Å². The number of amides is 1. The molecule has 1 saturated carbocycles. The number of rotatable bonds is 6. The van der Waals surface area contributed by atoms with Gasteiger partial charge in [0.15, 0.2) is 0 Å². The lowest BCUT2D eigenvalue weighted by atomic mass is 9.80. The molecule has 0 bridgehead atoms. The Labute approximate surface area is 120 Å². The van der Waals surface area contributed by atoms with Gasteiger partial charge in [0.1, 0.15) is 12.4 Å². The average Bonchev–Trinajstić information content (AvgIpc) is 2.45. The zero-order chi connectivity index (χ0) is 14.3. The molecule has 110 valence electrons. The summed E-state index contributed by atoms with van der Waals surface area (Å²) in [5, 5.41) is 2.88. The van der Waals surface area contributed by atoms with Crippen molar-refractivity contribution >= 4 is 5.91 Å². The molecule has 1 fully saturated rings. The minimum absolute atomic E-state index is 0.0334. The van der Waals surface area contributed by atoms with Gasteiger partial charge in [-0.2, -0.15) is 0 Å². The van der Waals surface area contributed by atoms with Gasteiger partial charge in [-0.3, -0.25) is 4.79 Å². The summed E-state index contributed by atoms with van der Waals surface area (Å²) in [6, 6.07) is 9.60. The van der Waals surface area contributed by atoms with E-state index in [1.807, 2.05) is 30.3 Å². The van der Waals surface area contributed by atoms with Crippen LogP contribution in [0.2, 0.25) is 0 Å². The fourth-order valence-corrected chi connectivity index (χ4v) is 2.69. The normalized spacial score (nSPS) is 17.4. The standard InChI is InChI=1S/C16H24N2O2/c17-16(9-5-2-6-10-16)13-15(19)18-11-12-20-14-7-3-1-4-8-14/h1,3-4,7-8H,2,5-6,9-13,17H2,(H,18,19). The zero-order valence-corrected chi connectivity index (χ0v) is 11.9. The van der Waals surface area contributed by atoms with Crippen molar-refractivity contribution < 1.29 is 9.53 Å². The average molecular weight is 276 g/mol. The van der Waals surface area contributed by atoms with Gasteiger partial charge in [0.05, 0.1) is 6.54 Å². The monoisotopic (exact) mass is 276 g/mol. The summed E-state index contributed by atoms with van der Waals surface area (Å²) in [5.41, 5.74) is 5.97. The van der Waals surface area contributed by atoms with Gasteiger partial charge in [0.25, 0.3) is 0 Å². The van der Waals surface area contributed by atoms with Crippen molar-refractivity contribution in [2.75, 3.05) is 13.2 Å². The minimum atomic E-state index is -0.289. The van der Waals surface area contributed by atoms with E-state index in [1.54, 1.807) is 0 Å². The third-order valence-electron chi connectivity index (χ3n) is 3.80. The van der Waals surface area contributed by atoms with E-state index in [1.165, 1.54) is 6.42 Å². The van der Waals surface area contributed by atoms with Crippen LogP contribution in [-0.2, 0) is 4.79 Å². The molecule has 1 aliphatic rings. The number of benzene rings is 1. The van der Waals surface area contributed by atoms with Crippen molar-refractivity contribution in [3.63, 3.8) is 0 Å². The first-order valence-corrected chi connectivity index (χ1v) is 7.41. The van der Waals surface area contributed by atoms with Crippen molar-refractivity contribution in [2.24, 2.45) is 5.73 Å². The fourth-order valence-electron chi connectivity index (χ4n) is 2.69. The third kappa shape index (κ3) is 4.85. The third-order valence-corrected chi connectivity index (χ3v) is 3.80. The highest BCUT2D eigenvalue weighted by Crippen LogP contribution is 2.28. The summed E-state index contributed by atoms with van der Waals surface area (Å²) >= 11 is 0. The van der Waals surface area contributed by atoms with Crippen molar-refractivity contribution in [1.29, 1.82) is 0 Å². The van der Waals surface area contributed by atoms with Crippen LogP contribution in [0.5, 0.6) is 5.75 Å². The molecule has 0 heterocycles. The number of hydrogen-bond acceptors (Lipinski definition) is 3. The van der Waals surface area contributed by atoms with Crippen LogP contribution in [-0.4, -0.2) is 24.6 Å². The van der Waals surface area contributed by atoms with E-state index in [9.17, 15) is 4.79 Å². The first-order chi connectivity index (χ1) is 9.68. The topological polar surface area (TPSA) is 64.4 Å². The number of para-hydroxylation sites is 1. The van der Waals surface area contributed by atoms with Crippen LogP contribution in [0.15, 0.2) is 30.3 Å². The molecule has 0 spiro atoms. The largest absolute Gasteiger partial charge is 0.492 e. The SMILES string of the molecule is NC1(CC(=O)NCCOc2ccccc2)CCCCC1. The van der Waals surface area contributed by atoms with Gasteiger partial charge in [-0.25, -0.2) is 0 Å². The molecular weight excluding hydrogens is 252 g/mol. The van der Waals surface area contributed by atoms with Crippen molar-refractivity contribution in [1.82, 2.24) is 5.32 Å². The van der Waals surface area contributed by atoms with E-state index >= 15 is 0 Å². The fraction of sp³-hybridized carbons (Fsp3) is 0.562. The second-order valence-electron chi connectivity index (χ2n) is 5.61. The van der Waals surface area contributed by atoms with Crippen molar-refractivity contribution in [2.45, 2.75) is 44.1 Å². The smallest absolute Gasteiger partial charge is 0.221 e. The van der Waals surface area contributed by atoms with E-state index in [2.05, 4.69) is 5.32 Å². The Morgan fingerprint density at radius 3 is 2.60 bits per heavy atom. The summed E-state index contributed by atoms with van der Waals surface area (Å²) < 4.78 is 5.53. The zero-order valence-electron chi connectivity index (χ0n) is 11.9. The molecule has 1 amide bonds. The molecule has 4 nitrogen and oxygen atoms in total. The lowest BCUT2D eigenvalue weighted by molar-refractivity contribution is -0.122. The maximum absolute atomic E-state index is 11.9. The predicted molar refractivity (Wildman–Crippen MR) is 79.6 cm³/mol. The second kappa shape index (κ2) is 7.29. The van der Waals surface area contributed by atoms with Gasteiger partial charge in [-0.05, 0) is 25.0 Å². The van der Waals surface area contributed by atoms with E-state index in [0.717, 1.165) is 31.4 Å². The highest BCUT2D eigenvalue weighted by Gasteiger charge is 2.29. The van der Waals surface area contributed by atoms with Gasteiger partial charge < -0.3 is 15.8 Å². The molecule has 0 aromatic heterocycles. The molecule has 0 unspecified atom stereocenters. The Morgan fingerprint density at radius 2 is 1.90 bits per heavy atom. The molecule has 0 atom stereocenters. The highest BCUT2D eigenvalue weighted by atomic mass is 16.5. The molecule has 0 radical (unpaired) electrons. The first kappa shape index (κ1) is 14.9. The molecule has 0 aliphatic heterocycles. The Balaban J connectivity index is 1.63. The van der Waals surface area contributed by atoms with Crippen molar-refractivity contribution in [3.8, 4) is 5.75 Å². The number of hydrogen-bond donors (Lipinski definition) is 2. The summed E-state index contributed by atoms with van der Waals surface area (Å²) in [7, 11) is 0. The summed E-state index contributed by atoms with van der Waals surface area (Å²) in [6.45, 7) is 0.997. The number of nitrogens with two attached hydrogens (primary N) is 1. The summed E-state index contributed by atoms with van der Waals surface area (Å²) in [5.74, 6) is 0.857. The molecule has 1 aliphatic carbocycles. The maximum atomic E-state index is 11.9. The lowest BCUT2D eigenvalue weighted by Crippen LogP contribution is -2.46. The lowest BCUT2D eigenvalue weighted by Gasteiger charge is -2.32. The number of carbonyl (C=O) groups excluding carboxylic acids is 1. The van der Waals surface area contributed by atoms with Crippen LogP contribution >= 0.6 is 0 Å². The Morgan fingerprint density at radius 1 is 1.20 bits per heavy atom. The van der Waals surface area contributed by atoms with Crippen molar-refractivity contribution in [3.05, 3.63) is 30.3 Å². The van der Waals surface area contributed by atoms with Gasteiger partial charge >= 0.3 is 0 Å². The molecule has 2 rings (SSSR count). The number of ether oxygens (including phenoxy) is 1. The Bertz CT molecular complexity index is 414. The summed E-state index contributed by atoms with van der Waals surface area (Å²) in [6.07, 6.45) is 5.87. The number of nitrogens with one attached hydrogen (secondary N) is 1. The minimum Gasteiger partial charge on any atom is -0.492 e. The Kier molecular flexibility index (Phi) is 5.41. The maximum Gasteiger partial charge on any atom is 0.221 e. The van der Waals surface area contributed by atoms with Crippen LogP contribution in [0.4, 0.5) is 0 Å². The molecule has 0 saturated heterocycles. The van der Waals surface area contributed by atoms with Gasteiger partial charge in [-0.15, -0.1) is 0 Å². The van der Waals surface area contributed by atoms with Crippen LogP contribution in [0.1, 0.15) is 38.5 Å². The molecule has 20 heavy (non-hydrogen) atoms. The molecule has 1 aromatic rings. The molecular formula is C16H24N2O2. The van der Waals surface area contributed by atoms with E-state index in [-0.39, 0.29) is 11.4 Å². The quantitative estimate of drug-likeness (QED) is 0.783. The van der Waals surface area contributed by atoms with E-state index in [0.29, 0.717) is 19.6 Å². The Hall–Kier alpha value is -1.55. The number of carbonyl (C=O) groups is 1. The van der Waals surface area contributed by atoms with Gasteiger partial charge in [0.2, 0.25) is 5.91 Å². The van der Waals surface area contributed by atoms with Gasteiger partial charge in [-0.1, -0.05) is 37.5 Å². The molecule has 4 heteroatoms. The van der Waals surface area contributed by atoms with Crippen LogP contribution in [0, 0.1) is 0 Å². The highest BCUT2D eigenvalue weighted by molar-refractivity contribution is 5.77. The van der Waals surface area contributed by atoms with E-state index < -0.39 is 0 Å². The molecule has 1 aromatic carbocycles. The molecule has 3 N–H and O–H groups in total.